The predicted molar refractivity (Wildman–Crippen MR) is 60.1 cm³/mol. The summed E-state index contributed by atoms with van der Waals surface area (Å²) < 4.78 is 1.19. The van der Waals surface area contributed by atoms with E-state index in [2.05, 4.69) is 27.9 Å². The maximum atomic E-state index is 10.8. The molecule has 1 rings (SSSR count). The van der Waals surface area contributed by atoms with Crippen LogP contribution in [0.25, 0.3) is 0 Å². The molecule has 0 spiro atoms. The summed E-state index contributed by atoms with van der Waals surface area (Å²) in [5.74, 6) is -0.126. The van der Waals surface area contributed by atoms with E-state index >= 15 is 0 Å². The lowest BCUT2D eigenvalue weighted by atomic mass is 10.2. The van der Waals surface area contributed by atoms with Crippen LogP contribution in [-0.2, 0) is 11.3 Å². The summed E-state index contributed by atoms with van der Waals surface area (Å²) >= 11 is 2.24. The van der Waals surface area contributed by atoms with E-state index in [-0.39, 0.29) is 12.5 Å². The van der Waals surface area contributed by atoms with Crippen LogP contribution in [0.4, 0.5) is 0 Å². The number of hydrogen-bond donors (Lipinski definition) is 2. The van der Waals surface area contributed by atoms with Crippen LogP contribution in [0, 0.1) is 3.57 Å². The van der Waals surface area contributed by atoms with Crippen LogP contribution in [-0.4, -0.2) is 12.5 Å². The molecule has 0 aliphatic heterocycles. The second kappa shape index (κ2) is 5.18. The first-order chi connectivity index (χ1) is 6.22. The fraction of sp³-hybridized carbons (Fsp3) is 0.222. The van der Waals surface area contributed by atoms with Gasteiger partial charge in [0.15, 0.2) is 0 Å². The molecule has 0 saturated heterocycles. The van der Waals surface area contributed by atoms with Crippen LogP contribution >= 0.6 is 22.6 Å². The Morgan fingerprint density at radius 1 is 1.38 bits per heavy atom. The Kier molecular flexibility index (Phi) is 4.17. The van der Waals surface area contributed by atoms with E-state index in [1.54, 1.807) is 0 Å². The molecule has 3 nitrogen and oxygen atoms in total. The Hall–Kier alpha value is -0.620. The molecule has 1 aromatic carbocycles. The van der Waals surface area contributed by atoms with Gasteiger partial charge in [-0.25, -0.2) is 0 Å². The Balaban J connectivity index is 2.46. The molecular formula is C9H11IN2O. The summed E-state index contributed by atoms with van der Waals surface area (Å²) in [6.45, 7) is 0.595. The molecule has 1 aromatic rings. The van der Waals surface area contributed by atoms with E-state index in [1.807, 2.05) is 24.3 Å². The number of carbonyl (C=O) groups is 1. The highest BCUT2D eigenvalue weighted by Crippen LogP contribution is 2.06. The Labute approximate surface area is 90.8 Å². The summed E-state index contributed by atoms with van der Waals surface area (Å²) in [4.78, 5) is 10.8. The highest BCUT2D eigenvalue weighted by Gasteiger charge is 1.96. The molecule has 0 unspecified atom stereocenters. The fourth-order valence-corrected chi connectivity index (χ4v) is 1.23. The van der Waals surface area contributed by atoms with Crippen LogP contribution in [0.3, 0.4) is 0 Å². The number of rotatable bonds is 3. The highest BCUT2D eigenvalue weighted by atomic mass is 127. The smallest absolute Gasteiger partial charge is 0.234 e. The van der Waals surface area contributed by atoms with Gasteiger partial charge in [0.25, 0.3) is 0 Å². The van der Waals surface area contributed by atoms with Crippen LogP contribution in [0.1, 0.15) is 5.56 Å². The molecule has 0 radical (unpaired) electrons. The quantitative estimate of drug-likeness (QED) is 0.811. The fourth-order valence-electron chi connectivity index (χ4n) is 0.875. The largest absolute Gasteiger partial charge is 0.351 e. The van der Waals surface area contributed by atoms with Crippen LogP contribution in [0.15, 0.2) is 24.3 Å². The number of hydrogen-bond acceptors (Lipinski definition) is 2. The number of benzene rings is 1. The standard InChI is InChI=1S/C9H11IN2O/c10-8-3-1-7(2-4-8)6-12-9(13)5-11/h1-4H,5-6,11H2,(H,12,13). The van der Waals surface area contributed by atoms with Crippen LogP contribution < -0.4 is 11.1 Å². The number of halogens is 1. The minimum atomic E-state index is -0.126. The number of amides is 1. The van der Waals surface area contributed by atoms with Crippen molar-refractivity contribution in [1.82, 2.24) is 5.32 Å². The second-order valence-corrected chi connectivity index (χ2v) is 3.85. The molecule has 70 valence electrons. The zero-order valence-corrected chi connectivity index (χ0v) is 9.24. The van der Waals surface area contributed by atoms with Crippen LogP contribution in [0.5, 0.6) is 0 Å². The molecule has 0 aromatic heterocycles. The molecule has 4 heteroatoms. The van der Waals surface area contributed by atoms with Gasteiger partial charge in [-0.05, 0) is 40.3 Å². The third kappa shape index (κ3) is 3.73. The zero-order chi connectivity index (χ0) is 9.68. The lowest BCUT2D eigenvalue weighted by molar-refractivity contribution is -0.119. The van der Waals surface area contributed by atoms with Crippen molar-refractivity contribution < 1.29 is 4.79 Å². The molecule has 0 saturated carbocycles. The van der Waals surface area contributed by atoms with E-state index in [1.165, 1.54) is 3.57 Å². The lowest BCUT2D eigenvalue weighted by Crippen LogP contribution is -2.29. The van der Waals surface area contributed by atoms with Crippen molar-refractivity contribution in [3.63, 3.8) is 0 Å². The number of nitrogens with one attached hydrogen (secondary N) is 1. The highest BCUT2D eigenvalue weighted by molar-refractivity contribution is 14.1. The monoisotopic (exact) mass is 290 g/mol. The van der Waals surface area contributed by atoms with Crippen molar-refractivity contribution in [1.29, 1.82) is 0 Å². The van der Waals surface area contributed by atoms with Crippen molar-refractivity contribution >= 4 is 28.5 Å². The number of carbonyl (C=O) groups excluding carboxylic acids is 1. The minimum Gasteiger partial charge on any atom is -0.351 e. The molecule has 0 atom stereocenters. The summed E-state index contributed by atoms with van der Waals surface area (Å²) in [6.07, 6.45) is 0. The van der Waals surface area contributed by atoms with Crippen LogP contribution in [0.2, 0.25) is 0 Å². The average Bonchev–Trinajstić information content (AvgIpc) is 2.16. The van der Waals surface area contributed by atoms with Crippen molar-refractivity contribution in [3.8, 4) is 0 Å². The van der Waals surface area contributed by atoms with E-state index in [4.69, 9.17) is 5.73 Å². The summed E-state index contributed by atoms with van der Waals surface area (Å²) in [7, 11) is 0. The van der Waals surface area contributed by atoms with Gasteiger partial charge in [0.1, 0.15) is 0 Å². The Morgan fingerprint density at radius 2 is 2.00 bits per heavy atom. The van der Waals surface area contributed by atoms with Crippen molar-refractivity contribution in [2.45, 2.75) is 6.54 Å². The first kappa shape index (κ1) is 10.5. The third-order valence-corrected chi connectivity index (χ3v) is 2.31. The topological polar surface area (TPSA) is 55.1 Å². The maximum absolute atomic E-state index is 10.8. The van der Waals surface area contributed by atoms with E-state index < -0.39 is 0 Å². The average molecular weight is 290 g/mol. The number of nitrogens with two attached hydrogens (primary N) is 1. The maximum Gasteiger partial charge on any atom is 0.234 e. The molecule has 3 N–H and O–H groups in total. The van der Waals surface area contributed by atoms with Crippen molar-refractivity contribution in [3.05, 3.63) is 33.4 Å². The van der Waals surface area contributed by atoms with Gasteiger partial charge in [0, 0.05) is 10.1 Å². The van der Waals surface area contributed by atoms with Gasteiger partial charge in [-0.3, -0.25) is 4.79 Å². The van der Waals surface area contributed by atoms with Gasteiger partial charge in [-0.15, -0.1) is 0 Å². The normalized spacial score (nSPS) is 9.69. The van der Waals surface area contributed by atoms with Gasteiger partial charge in [-0.2, -0.15) is 0 Å². The first-order valence-electron chi connectivity index (χ1n) is 3.93. The third-order valence-electron chi connectivity index (χ3n) is 1.59. The van der Waals surface area contributed by atoms with Gasteiger partial charge in [0.2, 0.25) is 5.91 Å². The summed E-state index contributed by atoms with van der Waals surface area (Å²) in [6, 6.07) is 7.98. The zero-order valence-electron chi connectivity index (χ0n) is 7.09. The molecule has 0 heterocycles. The second-order valence-electron chi connectivity index (χ2n) is 2.61. The molecule has 0 aliphatic rings. The van der Waals surface area contributed by atoms with E-state index in [9.17, 15) is 4.79 Å². The van der Waals surface area contributed by atoms with Gasteiger partial charge < -0.3 is 11.1 Å². The van der Waals surface area contributed by atoms with Crippen molar-refractivity contribution in [2.24, 2.45) is 5.73 Å². The summed E-state index contributed by atoms with van der Waals surface area (Å²) in [5, 5.41) is 2.70. The SMILES string of the molecule is NCC(=O)NCc1ccc(I)cc1. The molecule has 1 amide bonds. The van der Waals surface area contributed by atoms with Gasteiger partial charge >= 0.3 is 0 Å². The van der Waals surface area contributed by atoms with Gasteiger partial charge in [0.05, 0.1) is 6.54 Å². The molecule has 0 fully saturated rings. The Morgan fingerprint density at radius 3 is 2.54 bits per heavy atom. The molecule has 0 bridgehead atoms. The summed E-state index contributed by atoms with van der Waals surface area (Å²) in [5.41, 5.74) is 6.23. The minimum absolute atomic E-state index is 0.0460. The van der Waals surface area contributed by atoms with E-state index in [0.29, 0.717) is 6.54 Å². The van der Waals surface area contributed by atoms with Gasteiger partial charge in [-0.1, -0.05) is 12.1 Å². The van der Waals surface area contributed by atoms with Crippen molar-refractivity contribution in [2.75, 3.05) is 6.54 Å². The predicted octanol–water partition coefficient (Wildman–Crippen LogP) is 0.866. The first-order valence-corrected chi connectivity index (χ1v) is 5.01. The molecule has 13 heavy (non-hydrogen) atoms. The van der Waals surface area contributed by atoms with E-state index in [0.717, 1.165) is 5.56 Å². The molecular weight excluding hydrogens is 279 g/mol. The Bertz CT molecular complexity index is 284. The lowest BCUT2D eigenvalue weighted by Gasteiger charge is -2.03. The molecule has 0 aliphatic carbocycles.